The number of hydrogen-bond acceptors (Lipinski definition) is 6. The van der Waals surface area contributed by atoms with Crippen LogP contribution in [-0.4, -0.2) is 47.0 Å². The monoisotopic (exact) mass is 411 g/mol. The Morgan fingerprint density at radius 3 is 1.81 bits per heavy atom. The second-order valence-corrected chi connectivity index (χ2v) is 7.07. The van der Waals surface area contributed by atoms with Crippen LogP contribution in [-0.2, 0) is 14.9 Å². The first-order valence-electron chi connectivity index (χ1n) is 7.59. The third kappa shape index (κ3) is 8.73. The van der Waals surface area contributed by atoms with Gasteiger partial charge in [-0.2, -0.15) is 17.9 Å². The molecule has 0 unspecified atom stereocenters. The number of halogens is 3. The molecule has 12 heteroatoms. The van der Waals surface area contributed by atoms with Crippen molar-refractivity contribution in [1.29, 1.82) is 0 Å². The van der Waals surface area contributed by atoms with Gasteiger partial charge in [0, 0.05) is 5.56 Å². The third-order valence-corrected chi connectivity index (χ3v) is 3.42. The molecule has 0 spiro atoms. The topological polar surface area (TPSA) is 119 Å². The van der Waals surface area contributed by atoms with Crippen molar-refractivity contribution in [2.75, 3.05) is 0 Å². The summed E-state index contributed by atoms with van der Waals surface area (Å²) in [4.78, 5) is 23.5. The third-order valence-electron chi connectivity index (χ3n) is 2.85. The molecule has 0 saturated carbocycles. The maximum Gasteiger partial charge on any atom is 0.485 e. The van der Waals surface area contributed by atoms with E-state index >= 15 is 0 Å². The first-order chi connectivity index (χ1) is 12.2. The number of nitrogens with zero attached hydrogens (tertiary/aromatic N) is 2. The summed E-state index contributed by atoms with van der Waals surface area (Å²) in [6.07, 6.45) is 0. The molecule has 1 aromatic rings. The number of rotatable bonds is 5. The van der Waals surface area contributed by atoms with Crippen LogP contribution in [0.5, 0.6) is 0 Å². The van der Waals surface area contributed by atoms with E-state index < -0.39 is 27.3 Å². The molecule has 0 aliphatic rings. The van der Waals surface area contributed by atoms with Gasteiger partial charge in [-0.3, -0.25) is 4.79 Å². The zero-order valence-electron chi connectivity index (χ0n) is 15.0. The Balaban J connectivity index is 0.000000713. The van der Waals surface area contributed by atoms with Crippen molar-refractivity contribution < 1.29 is 40.4 Å². The van der Waals surface area contributed by atoms with Crippen molar-refractivity contribution in [1.82, 2.24) is 5.43 Å². The lowest BCUT2D eigenvalue weighted by Gasteiger charge is -2.10. The highest BCUT2D eigenvalue weighted by Gasteiger charge is 2.36. The summed E-state index contributed by atoms with van der Waals surface area (Å²) in [5.74, 6) is -1.31. The van der Waals surface area contributed by atoms with E-state index in [9.17, 15) is 22.8 Å². The molecule has 0 aromatic heterocycles. The van der Waals surface area contributed by atoms with Crippen molar-refractivity contribution in [3.8, 4) is 0 Å². The normalized spacial score (nSPS) is 11.5. The van der Waals surface area contributed by atoms with E-state index in [4.69, 9.17) is 13.0 Å². The molecule has 0 atom stereocenters. The van der Waals surface area contributed by atoms with Gasteiger partial charge in [-0.25, -0.2) is 13.2 Å². The second kappa shape index (κ2) is 10.1. The van der Waals surface area contributed by atoms with Crippen molar-refractivity contribution in [3.63, 3.8) is 0 Å². The van der Waals surface area contributed by atoms with Crippen LogP contribution in [0.25, 0.3) is 0 Å². The Morgan fingerprint density at radius 1 is 1.07 bits per heavy atom. The van der Waals surface area contributed by atoms with Crippen LogP contribution in [0, 0.1) is 0 Å². The van der Waals surface area contributed by atoms with Crippen LogP contribution < -0.4 is 5.43 Å². The summed E-state index contributed by atoms with van der Waals surface area (Å²) in [5, 5.41) is 3.98. The molecule has 0 radical (unpaired) electrons. The Labute approximate surface area is 154 Å². The van der Waals surface area contributed by atoms with E-state index in [0.717, 1.165) is 0 Å². The Morgan fingerprint density at radius 2 is 1.48 bits per heavy atom. The molecule has 0 saturated heterocycles. The summed E-state index contributed by atoms with van der Waals surface area (Å²) >= 11 is 0. The molecule has 152 valence electrons. The molecule has 0 bridgehead atoms. The summed E-state index contributed by atoms with van der Waals surface area (Å²) in [6.45, 7) is 7.87. The molecule has 0 aliphatic heterocycles. The van der Waals surface area contributed by atoms with Crippen molar-refractivity contribution in [2.45, 2.75) is 45.3 Å². The van der Waals surface area contributed by atoms with Gasteiger partial charge < -0.3 is 4.55 Å². The fourth-order valence-electron chi connectivity index (χ4n) is 1.70. The quantitative estimate of drug-likeness (QED) is 0.152. The number of carbonyl (C=O) groups is 2. The number of ketones is 1. The highest BCUT2D eigenvalue weighted by Crippen LogP contribution is 2.20. The number of alkyl halides is 3. The fourth-order valence-corrected chi connectivity index (χ4v) is 1.70. The van der Waals surface area contributed by atoms with E-state index in [1.54, 1.807) is 35.0 Å². The van der Waals surface area contributed by atoms with Gasteiger partial charge in [0.05, 0.1) is 5.22 Å². The number of carbonyl (C=O) groups excluding carboxylic acids is 2. The van der Waals surface area contributed by atoms with Gasteiger partial charge >= 0.3 is 11.4 Å². The lowest BCUT2D eigenvalue weighted by Crippen LogP contribution is -2.33. The molecular formula is C15H20F3N3O5S. The minimum Gasteiger partial charge on any atom is -0.741 e. The van der Waals surface area contributed by atoms with Gasteiger partial charge in [0.15, 0.2) is 10.1 Å². The van der Waals surface area contributed by atoms with Crippen LogP contribution >= 0.6 is 0 Å². The predicted molar refractivity (Wildman–Crippen MR) is 87.6 cm³/mol. The number of hydrogen-bond donors (Lipinski definition) is 1. The molecule has 0 fully saturated rings. The van der Waals surface area contributed by atoms with Gasteiger partial charge in [0.2, 0.25) is 0 Å². The predicted octanol–water partition coefficient (Wildman–Crippen LogP) is 2.23. The van der Waals surface area contributed by atoms with Crippen molar-refractivity contribution >= 4 is 21.8 Å². The van der Waals surface area contributed by atoms with Crippen LogP contribution in [0.2, 0.25) is 0 Å². The Bertz CT molecular complexity index is 766. The number of nitrogens with one attached hydrogen (secondary N) is 1. The Kier molecular flexibility index (Phi) is 9.24. The minimum atomic E-state index is -6.09. The van der Waals surface area contributed by atoms with Crippen molar-refractivity contribution in [2.24, 2.45) is 5.22 Å². The lowest BCUT2D eigenvalue weighted by atomic mass is 10.1. The molecular weight excluding hydrogens is 391 g/mol. The number of amides is 1. The molecule has 0 heterocycles. The maximum atomic E-state index is 11.8. The molecule has 1 amide bonds. The molecule has 1 aromatic carbocycles. The summed E-state index contributed by atoms with van der Waals surface area (Å²) in [5.41, 5.74) is -2.98. The average molecular weight is 411 g/mol. The average Bonchev–Trinajstić information content (AvgIpc) is 2.53. The zero-order chi connectivity index (χ0) is 21.4. The fraction of sp³-hybridized carbons (Fsp3) is 0.467. The minimum absolute atomic E-state index is 0.145. The molecule has 8 nitrogen and oxygen atoms in total. The standard InChI is InChI=1S/C14H19N3O2.CHF3O3S/c1-10(2)17(11(3)4)16-15-14(19)13(18)12-8-6-5-7-9-12;2-1(3,4)8(5,6)7/h5-11H,1-4H3;(H,5,6,7). The summed E-state index contributed by atoms with van der Waals surface area (Å²) < 4.78 is 60.6. The van der Waals surface area contributed by atoms with E-state index in [2.05, 4.69) is 10.6 Å². The Hall–Kier alpha value is -2.34. The van der Waals surface area contributed by atoms with E-state index in [-0.39, 0.29) is 12.1 Å². The first kappa shape index (κ1) is 24.7. The number of benzene rings is 1. The van der Waals surface area contributed by atoms with Gasteiger partial charge in [-0.05, 0) is 27.7 Å². The molecule has 0 aliphatic carbocycles. The van der Waals surface area contributed by atoms with Crippen LogP contribution in [0.4, 0.5) is 13.2 Å². The smallest absolute Gasteiger partial charge is 0.485 e. The van der Waals surface area contributed by atoms with E-state index in [0.29, 0.717) is 5.56 Å². The van der Waals surface area contributed by atoms with Crippen molar-refractivity contribution in [3.05, 3.63) is 35.9 Å². The zero-order valence-corrected chi connectivity index (χ0v) is 15.8. The SMILES string of the molecule is CC(C)[N+](=NNC(=O)C(=O)c1ccccc1)C(C)C.O=S(=O)([O-])C(F)(F)F. The first-order valence-corrected chi connectivity index (χ1v) is 9.00. The van der Waals surface area contributed by atoms with Gasteiger partial charge in [0.25, 0.3) is 5.78 Å². The van der Waals surface area contributed by atoms with E-state index in [1.165, 1.54) is 0 Å². The van der Waals surface area contributed by atoms with Crippen LogP contribution in [0.3, 0.4) is 0 Å². The summed E-state index contributed by atoms with van der Waals surface area (Å²) in [6, 6.07) is 8.71. The van der Waals surface area contributed by atoms with Crippen LogP contribution in [0.1, 0.15) is 38.1 Å². The summed E-state index contributed by atoms with van der Waals surface area (Å²) in [7, 11) is -6.09. The lowest BCUT2D eigenvalue weighted by molar-refractivity contribution is -0.651. The molecule has 1 rings (SSSR count). The second-order valence-electron chi connectivity index (χ2n) is 5.70. The van der Waals surface area contributed by atoms with Gasteiger partial charge in [-0.1, -0.05) is 30.3 Å². The molecule has 27 heavy (non-hydrogen) atoms. The number of Topliss-reactive ketones (excluding diaryl/α,β-unsaturated/α-hetero) is 1. The maximum absolute atomic E-state index is 11.8. The highest BCUT2D eigenvalue weighted by molar-refractivity contribution is 7.86. The largest absolute Gasteiger partial charge is 0.741 e. The van der Waals surface area contributed by atoms with Crippen LogP contribution in [0.15, 0.2) is 35.6 Å². The van der Waals surface area contributed by atoms with Gasteiger partial charge in [-0.15, -0.1) is 5.43 Å². The molecule has 1 N–H and O–H groups in total. The van der Waals surface area contributed by atoms with Gasteiger partial charge in [0.1, 0.15) is 12.1 Å². The van der Waals surface area contributed by atoms with E-state index in [1.807, 2.05) is 27.7 Å². The highest BCUT2D eigenvalue weighted by atomic mass is 32.2.